The molecular weight excluding hydrogens is 334 g/mol. The van der Waals surface area contributed by atoms with E-state index in [4.69, 9.17) is 10.2 Å². The first kappa shape index (κ1) is 22.0. The lowest BCUT2D eigenvalue weighted by Crippen LogP contribution is -2.33. The summed E-state index contributed by atoms with van der Waals surface area (Å²) in [7, 11) is 0. The van der Waals surface area contributed by atoms with Gasteiger partial charge >= 0.3 is 24.2 Å². The molecule has 0 atom stereocenters. The summed E-state index contributed by atoms with van der Waals surface area (Å²) < 4.78 is 114. The summed E-state index contributed by atoms with van der Waals surface area (Å²) in [6.45, 7) is -1.77. The highest BCUT2D eigenvalue weighted by Crippen LogP contribution is 2.31. The van der Waals surface area contributed by atoms with Crippen molar-refractivity contribution in [2.45, 2.75) is 37.0 Å². The number of halogens is 10. The van der Waals surface area contributed by atoms with E-state index in [-0.39, 0.29) is 0 Å². The predicted molar refractivity (Wildman–Crippen MR) is 46.0 cm³/mol. The second-order valence-corrected chi connectivity index (χ2v) is 3.61. The molecule has 0 bridgehead atoms. The highest BCUT2D eigenvalue weighted by Gasteiger charge is 2.49. The minimum Gasteiger partial charge on any atom is -0.477 e. The van der Waals surface area contributed by atoms with Crippen molar-refractivity contribution in [1.29, 1.82) is 0 Å². The first-order valence-electron chi connectivity index (χ1n) is 4.65. The maximum atomic E-state index is 11.7. The molecule has 3 nitrogen and oxygen atoms in total. The van der Waals surface area contributed by atoms with Crippen LogP contribution in [0.4, 0.5) is 43.9 Å². The topological polar surface area (TPSA) is 57.5 Å². The number of alkyl halides is 10. The number of carboxylic acids is 1. The molecule has 0 spiro atoms. The maximum absolute atomic E-state index is 11.7. The number of hydrogen-bond donors (Lipinski definition) is 2. The van der Waals surface area contributed by atoms with Crippen LogP contribution >= 0.6 is 0 Å². The Hall–Kier alpha value is -1.27. The van der Waals surface area contributed by atoms with Crippen molar-refractivity contribution < 1.29 is 58.9 Å². The number of aliphatic carboxylic acids is 1. The fourth-order valence-corrected chi connectivity index (χ4v) is 0.677. The molecule has 0 aliphatic heterocycles. The normalized spacial score (nSPS) is 13.5. The van der Waals surface area contributed by atoms with Crippen molar-refractivity contribution in [3.8, 4) is 0 Å². The van der Waals surface area contributed by atoms with Crippen LogP contribution in [-0.4, -0.2) is 47.0 Å². The van der Waals surface area contributed by atoms with E-state index in [1.807, 2.05) is 0 Å². The number of hydrogen-bond acceptors (Lipinski definition) is 2. The Bertz CT molecular complexity index is 332. The molecule has 0 fully saturated rings. The molecular formula is C8H8F10O3. The van der Waals surface area contributed by atoms with Crippen molar-refractivity contribution >= 4 is 5.97 Å². The Morgan fingerprint density at radius 2 is 1.10 bits per heavy atom. The molecule has 0 amide bonds. The maximum Gasteiger partial charge on any atom is 0.395 e. The van der Waals surface area contributed by atoms with E-state index < -0.39 is 49.6 Å². The van der Waals surface area contributed by atoms with Gasteiger partial charge in [-0.15, -0.1) is 0 Å². The molecule has 2 N–H and O–H groups in total. The monoisotopic (exact) mass is 342 g/mol. The van der Waals surface area contributed by atoms with Crippen LogP contribution < -0.4 is 0 Å². The van der Waals surface area contributed by atoms with Crippen LogP contribution in [0.1, 0.15) is 12.8 Å². The van der Waals surface area contributed by atoms with Crippen molar-refractivity contribution in [2.24, 2.45) is 0 Å². The highest BCUT2D eigenvalue weighted by atomic mass is 19.4. The molecule has 0 radical (unpaired) electrons. The standard InChI is InChI=1S/C4H3F5O2.C4H5F5O/c5-3(6,2(10)11)1-4(7,8)9;5-3(6,2-10)1-4(7,8)9/h1H2,(H,10,11);10H,1-2H2. The van der Waals surface area contributed by atoms with Gasteiger partial charge in [0.1, 0.15) is 19.4 Å². The van der Waals surface area contributed by atoms with Crippen LogP contribution in [0.3, 0.4) is 0 Å². The van der Waals surface area contributed by atoms with Gasteiger partial charge in [0.05, 0.1) is 0 Å². The second-order valence-electron chi connectivity index (χ2n) is 3.61. The fourth-order valence-electron chi connectivity index (χ4n) is 0.677. The van der Waals surface area contributed by atoms with Gasteiger partial charge in [0.15, 0.2) is 0 Å². The zero-order valence-corrected chi connectivity index (χ0v) is 9.70. The number of aliphatic hydroxyl groups excluding tert-OH is 1. The Kier molecular flexibility index (Phi) is 7.48. The Labute approximate surface area is 110 Å². The van der Waals surface area contributed by atoms with Gasteiger partial charge in [0.2, 0.25) is 0 Å². The van der Waals surface area contributed by atoms with Gasteiger partial charge in [-0.2, -0.15) is 35.1 Å². The van der Waals surface area contributed by atoms with Crippen molar-refractivity contribution in [1.82, 2.24) is 0 Å². The Morgan fingerprint density at radius 1 is 0.762 bits per heavy atom. The van der Waals surface area contributed by atoms with Gasteiger partial charge in [0.25, 0.3) is 5.92 Å². The van der Waals surface area contributed by atoms with Crippen LogP contribution in [0.15, 0.2) is 0 Å². The third-order valence-electron chi connectivity index (χ3n) is 1.43. The molecule has 21 heavy (non-hydrogen) atoms. The van der Waals surface area contributed by atoms with E-state index in [1.165, 1.54) is 0 Å². The molecule has 0 rings (SSSR count). The summed E-state index contributed by atoms with van der Waals surface area (Å²) >= 11 is 0. The summed E-state index contributed by atoms with van der Waals surface area (Å²) in [6, 6.07) is 0. The molecule has 0 aromatic carbocycles. The van der Waals surface area contributed by atoms with Gasteiger partial charge in [0, 0.05) is 0 Å². The lowest BCUT2D eigenvalue weighted by Gasteiger charge is -2.14. The smallest absolute Gasteiger partial charge is 0.395 e. The van der Waals surface area contributed by atoms with Gasteiger partial charge in [-0.25, -0.2) is 13.6 Å². The lowest BCUT2D eigenvalue weighted by molar-refractivity contribution is -0.204. The molecule has 128 valence electrons. The summed E-state index contributed by atoms with van der Waals surface area (Å²) in [6.07, 6.45) is -15.0. The van der Waals surface area contributed by atoms with Gasteiger partial charge in [-0.3, -0.25) is 0 Å². The molecule has 0 saturated carbocycles. The van der Waals surface area contributed by atoms with Crippen LogP contribution in [0.2, 0.25) is 0 Å². The van der Waals surface area contributed by atoms with E-state index in [1.54, 1.807) is 0 Å². The highest BCUT2D eigenvalue weighted by molar-refractivity contribution is 5.75. The Balaban J connectivity index is 0. The third-order valence-corrected chi connectivity index (χ3v) is 1.43. The van der Waals surface area contributed by atoms with Crippen LogP contribution in [-0.2, 0) is 4.79 Å². The first-order valence-corrected chi connectivity index (χ1v) is 4.65. The van der Waals surface area contributed by atoms with Gasteiger partial charge in [-0.1, -0.05) is 0 Å². The quantitative estimate of drug-likeness (QED) is 0.772. The average molecular weight is 342 g/mol. The Morgan fingerprint density at radius 3 is 1.19 bits per heavy atom. The van der Waals surface area contributed by atoms with E-state index in [0.717, 1.165) is 0 Å². The van der Waals surface area contributed by atoms with Crippen molar-refractivity contribution in [3.05, 3.63) is 0 Å². The number of rotatable bonds is 4. The van der Waals surface area contributed by atoms with Crippen LogP contribution in [0, 0.1) is 0 Å². The summed E-state index contributed by atoms with van der Waals surface area (Å²) in [4.78, 5) is 9.45. The predicted octanol–water partition coefficient (Wildman–Crippen LogP) is 3.23. The number of carbonyl (C=O) groups is 1. The summed E-state index contributed by atoms with van der Waals surface area (Å²) in [5.41, 5.74) is 0. The molecule has 0 aromatic rings. The minimum absolute atomic E-state index is 1.77. The number of aliphatic hydroxyl groups is 1. The lowest BCUT2D eigenvalue weighted by atomic mass is 10.2. The van der Waals surface area contributed by atoms with E-state index in [0.29, 0.717) is 0 Å². The van der Waals surface area contributed by atoms with Gasteiger partial charge < -0.3 is 10.2 Å². The molecule has 0 unspecified atom stereocenters. The van der Waals surface area contributed by atoms with Crippen LogP contribution in [0.5, 0.6) is 0 Å². The molecule has 0 aromatic heterocycles. The molecule has 0 saturated heterocycles. The third kappa shape index (κ3) is 13.5. The van der Waals surface area contributed by atoms with Crippen molar-refractivity contribution in [2.75, 3.05) is 6.61 Å². The molecule has 0 aliphatic rings. The second kappa shape index (κ2) is 7.13. The zero-order chi connectivity index (χ0) is 17.7. The summed E-state index contributed by atoms with van der Waals surface area (Å²) in [5, 5.41) is 15.3. The zero-order valence-electron chi connectivity index (χ0n) is 9.70. The molecule has 13 heteroatoms. The van der Waals surface area contributed by atoms with Crippen LogP contribution in [0.25, 0.3) is 0 Å². The fraction of sp³-hybridized carbons (Fsp3) is 0.875. The van der Waals surface area contributed by atoms with Crippen molar-refractivity contribution in [3.63, 3.8) is 0 Å². The SMILES string of the molecule is O=C(O)C(F)(F)CC(F)(F)F.OCC(F)(F)CC(F)(F)F. The van der Waals surface area contributed by atoms with E-state index >= 15 is 0 Å². The van der Waals surface area contributed by atoms with Gasteiger partial charge in [-0.05, 0) is 0 Å². The summed E-state index contributed by atoms with van der Waals surface area (Å²) in [5.74, 6) is -11.5. The minimum atomic E-state index is -5.16. The number of carboxylic acid groups (broad SMARTS) is 1. The molecule has 0 aliphatic carbocycles. The average Bonchev–Trinajstić information content (AvgIpc) is 2.10. The first-order chi connectivity index (χ1) is 8.92. The van der Waals surface area contributed by atoms with E-state index in [2.05, 4.69) is 0 Å². The van der Waals surface area contributed by atoms with E-state index in [9.17, 15) is 48.7 Å². The largest absolute Gasteiger partial charge is 0.477 e. The molecule has 0 heterocycles.